The number of halogens is 1. The predicted molar refractivity (Wildman–Crippen MR) is 101 cm³/mol. The zero-order valence-corrected chi connectivity index (χ0v) is 15.9. The molecule has 0 N–H and O–H groups in total. The summed E-state index contributed by atoms with van der Waals surface area (Å²) in [5, 5.41) is 9.61. The summed E-state index contributed by atoms with van der Waals surface area (Å²) in [5.41, 5.74) is 0.307. The van der Waals surface area contributed by atoms with E-state index in [0.29, 0.717) is 16.3 Å². The monoisotopic (exact) mass is 361 g/mol. The van der Waals surface area contributed by atoms with Crippen molar-refractivity contribution >= 4 is 17.6 Å². The van der Waals surface area contributed by atoms with Crippen LogP contribution in [0.3, 0.4) is 0 Å². The smallest absolute Gasteiger partial charge is 0.314 e. The zero-order chi connectivity index (χ0) is 18.1. The number of esters is 1. The van der Waals surface area contributed by atoms with Crippen LogP contribution < -0.4 is 4.74 Å². The minimum atomic E-state index is -0.208. The molecule has 136 valence electrons. The number of rotatable bonds is 8. The molecule has 1 aromatic carbocycles. The summed E-state index contributed by atoms with van der Waals surface area (Å²) in [6.45, 7) is 2.24. The molecule has 3 nitrogen and oxygen atoms in total. The highest BCUT2D eigenvalue weighted by Gasteiger charge is 2.28. The highest BCUT2D eigenvalue weighted by Crippen LogP contribution is 2.33. The summed E-state index contributed by atoms with van der Waals surface area (Å²) in [6, 6.07) is 6.79. The first-order valence-corrected chi connectivity index (χ1v) is 9.93. The Balaban J connectivity index is 1.75. The second-order valence-electron chi connectivity index (χ2n) is 7.09. The highest BCUT2D eigenvalue weighted by atomic mass is 35.5. The number of ether oxygens (including phenoxy) is 1. The second kappa shape index (κ2) is 10.5. The van der Waals surface area contributed by atoms with E-state index in [4.69, 9.17) is 21.6 Å². The van der Waals surface area contributed by atoms with Crippen molar-refractivity contribution < 1.29 is 9.53 Å². The Morgan fingerprint density at radius 1 is 1.20 bits per heavy atom. The zero-order valence-electron chi connectivity index (χ0n) is 15.1. The van der Waals surface area contributed by atoms with Crippen molar-refractivity contribution in [3.8, 4) is 11.8 Å². The molecule has 0 atom stereocenters. The van der Waals surface area contributed by atoms with E-state index in [-0.39, 0.29) is 11.9 Å². The van der Waals surface area contributed by atoms with E-state index in [2.05, 4.69) is 6.92 Å². The van der Waals surface area contributed by atoms with E-state index in [1.807, 2.05) is 6.07 Å². The van der Waals surface area contributed by atoms with Crippen molar-refractivity contribution in [2.75, 3.05) is 0 Å². The van der Waals surface area contributed by atoms with Gasteiger partial charge in [0.05, 0.1) is 11.5 Å². The molecule has 25 heavy (non-hydrogen) atoms. The van der Waals surface area contributed by atoms with Crippen LogP contribution in [0.4, 0.5) is 0 Å². The van der Waals surface area contributed by atoms with Crippen molar-refractivity contribution in [1.82, 2.24) is 0 Å². The van der Waals surface area contributed by atoms with Crippen molar-refractivity contribution in [3.63, 3.8) is 0 Å². The number of benzene rings is 1. The Bertz CT molecular complexity index is 600. The molecule has 2 rings (SSSR count). The van der Waals surface area contributed by atoms with Gasteiger partial charge in [0.1, 0.15) is 11.8 Å². The number of carbonyl (C=O) groups excluding carboxylic acids is 1. The van der Waals surface area contributed by atoms with E-state index in [1.165, 1.54) is 44.6 Å². The van der Waals surface area contributed by atoms with E-state index in [9.17, 15) is 4.79 Å². The van der Waals surface area contributed by atoms with E-state index in [1.54, 1.807) is 12.1 Å². The van der Waals surface area contributed by atoms with E-state index >= 15 is 0 Å². The van der Waals surface area contributed by atoms with Gasteiger partial charge in [-0.2, -0.15) is 5.26 Å². The van der Waals surface area contributed by atoms with Gasteiger partial charge >= 0.3 is 5.97 Å². The maximum atomic E-state index is 12.4. The average molecular weight is 362 g/mol. The maximum Gasteiger partial charge on any atom is 0.314 e. The van der Waals surface area contributed by atoms with Gasteiger partial charge in [-0.1, -0.05) is 57.0 Å². The molecule has 0 unspecified atom stereocenters. The molecule has 0 aromatic heterocycles. The van der Waals surface area contributed by atoms with Crippen molar-refractivity contribution in [3.05, 3.63) is 28.8 Å². The predicted octanol–water partition coefficient (Wildman–Crippen LogP) is 6.28. The Hall–Kier alpha value is -1.53. The van der Waals surface area contributed by atoms with Crippen molar-refractivity contribution in [1.29, 1.82) is 5.26 Å². The van der Waals surface area contributed by atoms with Gasteiger partial charge in [0.2, 0.25) is 0 Å². The molecule has 0 amide bonds. The Kier molecular flexibility index (Phi) is 8.28. The largest absolute Gasteiger partial charge is 0.425 e. The van der Waals surface area contributed by atoms with Crippen LogP contribution in [0.1, 0.15) is 76.7 Å². The lowest BCUT2D eigenvalue weighted by atomic mass is 9.80. The van der Waals surface area contributed by atoms with Crippen LogP contribution >= 0.6 is 11.6 Å². The van der Waals surface area contributed by atoms with Gasteiger partial charge in [-0.25, -0.2) is 0 Å². The minimum Gasteiger partial charge on any atom is -0.425 e. The minimum absolute atomic E-state index is 0.0430. The van der Waals surface area contributed by atoms with Gasteiger partial charge in [-0.15, -0.1) is 0 Å². The number of nitrogens with zero attached hydrogens (tertiary/aromatic N) is 1. The summed E-state index contributed by atoms with van der Waals surface area (Å²) >= 11 is 5.87. The van der Waals surface area contributed by atoms with Crippen LogP contribution in [0, 0.1) is 23.2 Å². The summed E-state index contributed by atoms with van der Waals surface area (Å²) in [5.74, 6) is 0.824. The molecule has 4 heteroatoms. The molecular weight excluding hydrogens is 334 g/mol. The standard InChI is InChI=1S/C21H28ClNO2/c1-2-3-4-5-6-7-16-8-10-17(11-9-16)21(24)25-20-13-12-19(22)14-18(20)15-23/h12-14,16-17H,2-11H2,1H3. The number of unbranched alkanes of at least 4 members (excludes halogenated alkanes) is 4. The maximum absolute atomic E-state index is 12.4. The lowest BCUT2D eigenvalue weighted by Gasteiger charge is -2.27. The Labute approximate surface area is 156 Å². The Morgan fingerprint density at radius 3 is 2.60 bits per heavy atom. The molecule has 0 spiro atoms. The SMILES string of the molecule is CCCCCCCC1CCC(C(=O)Oc2ccc(Cl)cc2C#N)CC1. The van der Waals surface area contributed by atoms with Crippen LogP contribution in [0.25, 0.3) is 0 Å². The molecule has 0 saturated heterocycles. The van der Waals surface area contributed by atoms with Crippen LogP contribution in [-0.4, -0.2) is 5.97 Å². The molecule has 0 radical (unpaired) electrons. The summed E-state index contributed by atoms with van der Waals surface area (Å²) in [6.07, 6.45) is 11.9. The normalized spacial score (nSPS) is 20.0. The summed E-state index contributed by atoms with van der Waals surface area (Å²) in [4.78, 5) is 12.4. The lowest BCUT2D eigenvalue weighted by Crippen LogP contribution is -2.26. The first kappa shape index (κ1) is 19.8. The third-order valence-corrected chi connectivity index (χ3v) is 5.40. The highest BCUT2D eigenvalue weighted by molar-refractivity contribution is 6.30. The van der Waals surface area contributed by atoms with Gasteiger partial charge in [0.15, 0.2) is 0 Å². The first-order chi connectivity index (χ1) is 12.1. The fourth-order valence-corrected chi connectivity index (χ4v) is 3.77. The lowest BCUT2D eigenvalue weighted by molar-refractivity contribution is -0.140. The number of hydrogen-bond acceptors (Lipinski definition) is 3. The van der Waals surface area contributed by atoms with E-state index in [0.717, 1.165) is 31.6 Å². The number of nitriles is 1. The van der Waals surface area contributed by atoms with Crippen LogP contribution in [0.5, 0.6) is 5.75 Å². The second-order valence-corrected chi connectivity index (χ2v) is 7.53. The third-order valence-electron chi connectivity index (χ3n) is 5.17. The molecular formula is C21H28ClNO2. The van der Waals surface area contributed by atoms with Crippen LogP contribution in [-0.2, 0) is 4.79 Å². The van der Waals surface area contributed by atoms with Gasteiger partial charge in [0.25, 0.3) is 0 Å². The molecule has 1 aromatic rings. The third kappa shape index (κ3) is 6.36. The van der Waals surface area contributed by atoms with Crippen LogP contribution in [0.15, 0.2) is 18.2 Å². The molecule has 0 aliphatic heterocycles. The van der Waals surface area contributed by atoms with Crippen molar-refractivity contribution in [2.24, 2.45) is 11.8 Å². The fourth-order valence-electron chi connectivity index (χ4n) is 3.59. The van der Waals surface area contributed by atoms with Gasteiger partial charge in [-0.3, -0.25) is 4.79 Å². The van der Waals surface area contributed by atoms with Gasteiger partial charge in [0, 0.05) is 5.02 Å². The van der Waals surface area contributed by atoms with Gasteiger partial charge in [-0.05, 0) is 49.8 Å². The van der Waals surface area contributed by atoms with Gasteiger partial charge < -0.3 is 4.74 Å². The number of hydrogen-bond donors (Lipinski definition) is 0. The Morgan fingerprint density at radius 2 is 1.92 bits per heavy atom. The first-order valence-electron chi connectivity index (χ1n) is 9.55. The molecule has 1 fully saturated rings. The van der Waals surface area contributed by atoms with E-state index < -0.39 is 0 Å². The molecule has 1 aliphatic rings. The molecule has 1 aliphatic carbocycles. The topological polar surface area (TPSA) is 50.1 Å². The molecule has 0 heterocycles. The molecule has 0 bridgehead atoms. The van der Waals surface area contributed by atoms with Crippen molar-refractivity contribution in [2.45, 2.75) is 71.1 Å². The molecule has 1 saturated carbocycles. The summed E-state index contributed by atoms with van der Waals surface area (Å²) in [7, 11) is 0. The van der Waals surface area contributed by atoms with Crippen LogP contribution in [0.2, 0.25) is 5.02 Å². The quantitative estimate of drug-likeness (QED) is 0.311. The fraction of sp³-hybridized carbons (Fsp3) is 0.619. The number of carbonyl (C=O) groups is 1. The average Bonchev–Trinajstić information content (AvgIpc) is 2.63. The summed E-state index contributed by atoms with van der Waals surface area (Å²) < 4.78 is 5.47.